The minimum Gasteiger partial charge on any atom is -0.379 e. The normalized spacial score (nSPS) is 25.3. The third kappa shape index (κ3) is 3.56. The third-order valence-corrected chi connectivity index (χ3v) is 3.19. The molecule has 0 radical (unpaired) electrons. The molecule has 1 heterocycles. The van der Waals surface area contributed by atoms with E-state index in [1.807, 2.05) is 0 Å². The van der Waals surface area contributed by atoms with Crippen molar-refractivity contribution in [2.24, 2.45) is 0 Å². The lowest BCUT2D eigenvalue weighted by atomic mass is 10.0. The molecule has 1 N–H and O–H groups in total. The zero-order valence-electron chi connectivity index (χ0n) is 9.97. The van der Waals surface area contributed by atoms with Gasteiger partial charge in [-0.05, 0) is 27.2 Å². The largest absolute Gasteiger partial charge is 0.379 e. The molecule has 0 amide bonds. The second-order valence-electron chi connectivity index (χ2n) is 4.80. The van der Waals surface area contributed by atoms with Gasteiger partial charge in [0.05, 0.1) is 5.60 Å². The fraction of sp³-hybridized carbons (Fsp3) is 1.00. The minimum absolute atomic E-state index is 0.0184. The van der Waals surface area contributed by atoms with Crippen LogP contribution in [0.3, 0.4) is 0 Å². The molecule has 0 unspecified atom stereocenters. The molecule has 0 bridgehead atoms. The molecule has 3 heteroatoms. The van der Waals surface area contributed by atoms with E-state index in [0.717, 1.165) is 26.1 Å². The number of nitrogens with one attached hydrogen (secondary N) is 1. The van der Waals surface area contributed by atoms with Gasteiger partial charge < -0.3 is 10.1 Å². The fourth-order valence-electron chi connectivity index (χ4n) is 1.73. The van der Waals surface area contributed by atoms with Crippen molar-refractivity contribution in [2.45, 2.75) is 38.8 Å². The highest BCUT2D eigenvalue weighted by atomic mass is 16.5. The van der Waals surface area contributed by atoms with E-state index in [4.69, 9.17) is 4.74 Å². The topological polar surface area (TPSA) is 24.5 Å². The van der Waals surface area contributed by atoms with Crippen molar-refractivity contribution >= 4 is 0 Å². The lowest BCUT2D eigenvalue weighted by molar-refractivity contribution is 0.00294. The number of piperazine rings is 1. The van der Waals surface area contributed by atoms with Crippen LogP contribution in [-0.4, -0.2) is 49.8 Å². The van der Waals surface area contributed by atoms with Crippen molar-refractivity contribution in [1.82, 2.24) is 10.2 Å². The summed E-state index contributed by atoms with van der Waals surface area (Å²) >= 11 is 0. The number of nitrogens with zero attached hydrogens (tertiary/aromatic N) is 1. The Morgan fingerprint density at radius 1 is 1.50 bits per heavy atom. The predicted octanol–water partition coefficient (Wildman–Crippen LogP) is 1.10. The SMILES string of the molecule is COC(C)(C)CCN1CCNC[C@H]1C. The van der Waals surface area contributed by atoms with Crippen LogP contribution >= 0.6 is 0 Å². The first-order chi connectivity index (χ1) is 6.55. The molecule has 0 saturated carbocycles. The van der Waals surface area contributed by atoms with Gasteiger partial charge in [-0.2, -0.15) is 0 Å². The maximum absolute atomic E-state index is 5.42. The second-order valence-corrected chi connectivity index (χ2v) is 4.80. The van der Waals surface area contributed by atoms with Gasteiger partial charge in [-0.1, -0.05) is 0 Å². The molecule has 0 aliphatic carbocycles. The monoisotopic (exact) mass is 200 g/mol. The maximum Gasteiger partial charge on any atom is 0.0634 e. The standard InChI is InChI=1S/C11H24N2O/c1-10-9-12-6-8-13(10)7-5-11(2,3)14-4/h10,12H,5-9H2,1-4H3/t10-/m1/s1. The first-order valence-corrected chi connectivity index (χ1v) is 5.55. The Hall–Kier alpha value is -0.120. The highest BCUT2D eigenvalue weighted by Gasteiger charge is 2.22. The number of hydrogen-bond donors (Lipinski definition) is 1. The Labute approximate surface area is 87.8 Å². The zero-order valence-corrected chi connectivity index (χ0v) is 9.97. The van der Waals surface area contributed by atoms with E-state index in [2.05, 4.69) is 31.0 Å². The molecule has 1 atom stereocenters. The molecular formula is C11H24N2O. The van der Waals surface area contributed by atoms with Crippen LogP contribution < -0.4 is 5.32 Å². The molecule has 1 saturated heterocycles. The summed E-state index contributed by atoms with van der Waals surface area (Å²) < 4.78 is 5.42. The minimum atomic E-state index is 0.0184. The van der Waals surface area contributed by atoms with Crippen molar-refractivity contribution in [3.63, 3.8) is 0 Å². The van der Waals surface area contributed by atoms with Gasteiger partial charge in [0.15, 0.2) is 0 Å². The number of rotatable bonds is 4. The van der Waals surface area contributed by atoms with Gasteiger partial charge in [0, 0.05) is 39.3 Å². The van der Waals surface area contributed by atoms with E-state index in [1.54, 1.807) is 7.11 Å². The van der Waals surface area contributed by atoms with Gasteiger partial charge in [-0.3, -0.25) is 4.90 Å². The van der Waals surface area contributed by atoms with Crippen molar-refractivity contribution < 1.29 is 4.74 Å². The quantitative estimate of drug-likeness (QED) is 0.735. The van der Waals surface area contributed by atoms with Gasteiger partial charge in [-0.15, -0.1) is 0 Å². The number of hydrogen-bond acceptors (Lipinski definition) is 3. The average Bonchev–Trinajstić information content (AvgIpc) is 2.17. The first-order valence-electron chi connectivity index (χ1n) is 5.55. The summed E-state index contributed by atoms with van der Waals surface area (Å²) in [5, 5.41) is 3.40. The van der Waals surface area contributed by atoms with Crippen LogP contribution in [0.15, 0.2) is 0 Å². The fourth-order valence-corrected chi connectivity index (χ4v) is 1.73. The molecule has 3 nitrogen and oxygen atoms in total. The molecule has 84 valence electrons. The molecular weight excluding hydrogens is 176 g/mol. The zero-order chi connectivity index (χ0) is 10.6. The van der Waals surface area contributed by atoms with E-state index in [9.17, 15) is 0 Å². The highest BCUT2D eigenvalue weighted by Crippen LogP contribution is 2.15. The molecule has 1 rings (SSSR count). The Kier molecular flexibility index (Phi) is 4.35. The molecule has 0 spiro atoms. The molecule has 1 aliphatic rings. The number of ether oxygens (including phenoxy) is 1. The molecule has 1 aliphatic heterocycles. The van der Waals surface area contributed by atoms with E-state index in [0.29, 0.717) is 6.04 Å². The summed E-state index contributed by atoms with van der Waals surface area (Å²) in [5.41, 5.74) is 0.0184. The molecule has 1 fully saturated rings. The summed E-state index contributed by atoms with van der Waals surface area (Å²) in [7, 11) is 1.79. The van der Waals surface area contributed by atoms with E-state index in [-0.39, 0.29) is 5.60 Å². The Morgan fingerprint density at radius 3 is 2.79 bits per heavy atom. The van der Waals surface area contributed by atoms with Crippen LogP contribution in [0.4, 0.5) is 0 Å². The summed E-state index contributed by atoms with van der Waals surface area (Å²) in [6, 6.07) is 0.663. The van der Waals surface area contributed by atoms with Crippen LogP contribution in [0.2, 0.25) is 0 Å². The van der Waals surface area contributed by atoms with Gasteiger partial charge in [0.2, 0.25) is 0 Å². The summed E-state index contributed by atoms with van der Waals surface area (Å²) in [5.74, 6) is 0. The Bertz CT molecular complexity index is 171. The van der Waals surface area contributed by atoms with E-state index < -0.39 is 0 Å². The van der Waals surface area contributed by atoms with Crippen LogP contribution in [0.1, 0.15) is 27.2 Å². The molecule has 14 heavy (non-hydrogen) atoms. The average molecular weight is 200 g/mol. The lowest BCUT2D eigenvalue weighted by Crippen LogP contribution is -2.50. The van der Waals surface area contributed by atoms with E-state index >= 15 is 0 Å². The van der Waals surface area contributed by atoms with Gasteiger partial charge >= 0.3 is 0 Å². The maximum atomic E-state index is 5.42. The second kappa shape index (κ2) is 5.10. The summed E-state index contributed by atoms with van der Waals surface area (Å²) in [6.45, 7) is 11.1. The Balaban J connectivity index is 2.29. The predicted molar refractivity (Wildman–Crippen MR) is 59.6 cm³/mol. The molecule has 0 aromatic carbocycles. The summed E-state index contributed by atoms with van der Waals surface area (Å²) in [4.78, 5) is 2.54. The molecule has 0 aromatic rings. The Morgan fingerprint density at radius 2 is 2.21 bits per heavy atom. The van der Waals surface area contributed by atoms with Crippen LogP contribution in [0, 0.1) is 0 Å². The lowest BCUT2D eigenvalue weighted by Gasteiger charge is -2.36. The van der Waals surface area contributed by atoms with E-state index in [1.165, 1.54) is 6.54 Å². The van der Waals surface area contributed by atoms with Crippen LogP contribution in [-0.2, 0) is 4.74 Å². The number of methoxy groups -OCH3 is 1. The van der Waals surface area contributed by atoms with Gasteiger partial charge in [0.1, 0.15) is 0 Å². The van der Waals surface area contributed by atoms with Crippen molar-refractivity contribution in [3.05, 3.63) is 0 Å². The van der Waals surface area contributed by atoms with Crippen molar-refractivity contribution in [3.8, 4) is 0 Å². The van der Waals surface area contributed by atoms with Gasteiger partial charge in [-0.25, -0.2) is 0 Å². The summed E-state index contributed by atoms with van der Waals surface area (Å²) in [6.07, 6.45) is 1.10. The first kappa shape index (κ1) is 12.0. The third-order valence-electron chi connectivity index (χ3n) is 3.19. The van der Waals surface area contributed by atoms with Crippen molar-refractivity contribution in [1.29, 1.82) is 0 Å². The van der Waals surface area contributed by atoms with Crippen molar-refractivity contribution in [2.75, 3.05) is 33.3 Å². The van der Waals surface area contributed by atoms with Crippen LogP contribution in [0.5, 0.6) is 0 Å². The smallest absolute Gasteiger partial charge is 0.0634 e. The van der Waals surface area contributed by atoms with Crippen LogP contribution in [0.25, 0.3) is 0 Å². The molecule has 0 aromatic heterocycles. The van der Waals surface area contributed by atoms with Gasteiger partial charge in [0.25, 0.3) is 0 Å². The highest BCUT2D eigenvalue weighted by molar-refractivity contribution is 4.78.